The fourth-order valence-electron chi connectivity index (χ4n) is 2.82. The highest BCUT2D eigenvalue weighted by Gasteiger charge is 2.13. The largest absolute Gasteiger partial charge is 0.507 e. The van der Waals surface area contributed by atoms with Gasteiger partial charge in [0.15, 0.2) is 11.5 Å². The second kappa shape index (κ2) is 9.98. The molecule has 0 bridgehead atoms. The molecule has 0 heterocycles. The van der Waals surface area contributed by atoms with Crippen LogP contribution in [-0.2, 0) is 0 Å². The highest BCUT2D eigenvalue weighted by atomic mass is 127. The van der Waals surface area contributed by atoms with E-state index in [-0.39, 0.29) is 17.9 Å². The van der Waals surface area contributed by atoms with E-state index in [1.54, 1.807) is 18.2 Å². The van der Waals surface area contributed by atoms with E-state index in [9.17, 15) is 9.90 Å². The number of ether oxygens (including phenoxy) is 2. The van der Waals surface area contributed by atoms with Gasteiger partial charge < -0.3 is 14.6 Å². The van der Waals surface area contributed by atoms with Gasteiger partial charge >= 0.3 is 0 Å². The molecule has 0 atom stereocenters. The molecule has 3 aromatic carbocycles. The Bertz CT molecular complexity index is 1150. The third-order valence-electron chi connectivity index (χ3n) is 4.12. The second-order valence-electron chi connectivity index (χ2n) is 6.17. The average molecular weight is 514 g/mol. The molecular formula is C23H19IN2O4. The molecule has 7 heteroatoms. The Hall–Kier alpha value is -3.25. The van der Waals surface area contributed by atoms with Crippen LogP contribution in [0.4, 0.5) is 0 Å². The lowest BCUT2D eigenvalue weighted by atomic mass is 10.1. The van der Waals surface area contributed by atoms with Gasteiger partial charge in [0.2, 0.25) is 0 Å². The number of nitrogens with one attached hydrogen (secondary N) is 1. The third-order valence-corrected chi connectivity index (χ3v) is 4.92. The van der Waals surface area contributed by atoms with Crippen molar-refractivity contribution in [1.29, 1.82) is 0 Å². The molecule has 6 nitrogen and oxygen atoms in total. The Balaban J connectivity index is 1.78. The van der Waals surface area contributed by atoms with Crippen LogP contribution in [0.2, 0.25) is 0 Å². The number of hydrogen-bond acceptors (Lipinski definition) is 5. The molecular weight excluding hydrogens is 495 g/mol. The predicted octanol–water partition coefficient (Wildman–Crippen LogP) is 4.32. The van der Waals surface area contributed by atoms with Gasteiger partial charge in [0.25, 0.3) is 5.91 Å². The normalized spacial score (nSPS) is 10.7. The van der Waals surface area contributed by atoms with Crippen molar-refractivity contribution in [2.75, 3.05) is 13.2 Å². The Morgan fingerprint density at radius 1 is 1.23 bits per heavy atom. The molecule has 0 fully saturated rings. The number of nitrogens with zero attached hydrogens (tertiary/aromatic N) is 1. The van der Waals surface area contributed by atoms with E-state index < -0.39 is 5.91 Å². The van der Waals surface area contributed by atoms with Gasteiger partial charge in [0.1, 0.15) is 12.4 Å². The molecule has 0 aliphatic carbocycles. The number of hydrazone groups is 1. The number of halogens is 1. The van der Waals surface area contributed by atoms with E-state index >= 15 is 0 Å². The molecule has 0 saturated heterocycles. The van der Waals surface area contributed by atoms with Gasteiger partial charge in [-0.15, -0.1) is 6.42 Å². The summed E-state index contributed by atoms with van der Waals surface area (Å²) in [4.78, 5) is 12.5. The summed E-state index contributed by atoms with van der Waals surface area (Å²) in [5.41, 5.74) is 3.30. The molecule has 30 heavy (non-hydrogen) atoms. The molecule has 2 N–H and O–H groups in total. The minimum absolute atomic E-state index is 0.107. The summed E-state index contributed by atoms with van der Waals surface area (Å²) < 4.78 is 12.0. The van der Waals surface area contributed by atoms with Crippen molar-refractivity contribution >= 4 is 45.5 Å². The second-order valence-corrected chi connectivity index (χ2v) is 7.33. The smallest absolute Gasteiger partial charge is 0.275 e. The summed E-state index contributed by atoms with van der Waals surface area (Å²) in [6.07, 6.45) is 6.76. The number of fused-ring (bicyclic) bond motifs is 1. The van der Waals surface area contributed by atoms with Gasteiger partial charge in [-0.3, -0.25) is 4.79 Å². The quantitative estimate of drug-likeness (QED) is 0.213. The number of carbonyl (C=O) groups is 1. The molecule has 0 aromatic heterocycles. The van der Waals surface area contributed by atoms with Crippen molar-refractivity contribution in [1.82, 2.24) is 5.43 Å². The molecule has 0 radical (unpaired) electrons. The lowest BCUT2D eigenvalue weighted by Crippen LogP contribution is -2.17. The Morgan fingerprint density at radius 3 is 2.67 bits per heavy atom. The minimum Gasteiger partial charge on any atom is -0.507 e. The number of hydrogen-bond donors (Lipinski definition) is 2. The fraction of sp³-hybridized carbons (Fsp3) is 0.130. The summed E-state index contributed by atoms with van der Waals surface area (Å²) in [6, 6.07) is 14.2. The van der Waals surface area contributed by atoms with Gasteiger partial charge in [0.05, 0.1) is 22.0 Å². The van der Waals surface area contributed by atoms with Crippen LogP contribution < -0.4 is 14.9 Å². The number of carbonyl (C=O) groups excluding carboxylic acids is 1. The summed E-state index contributed by atoms with van der Waals surface area (Å²) in [7, 11) is 0. The average Bonchev–Trinajstić information content (AvgIpc) is 2.73. The minimum atomic E-state index is -0.511. The van der Waals surface area contributed by atoms with Gasteiger partial charge in [-0.25, -0.2) is 5.43 Å². The van der Waals surface area contributed by atoms with Crippen molar-refractivity contribution < 1.29 is 19.4 Å². The molecule has 3 aromatic rings. The van der Waals surface area contributed by atoms with E-state index in [0.29, 0.717) is 23.7 Å². The molecule has 3 rings (SSSR count). The van der Waals surface area contributed by atoms with Crippen LogP contribution in [0, 0.1) is 15.9 Å². The van der Waals surface area contributed by atoms with E-state index in [4.69, 9.17) is 15.9 Å². The van der Waals surface area contributed by atoms with E-state index in [1.165, 1.54) is 6.21 Å². The zero-order valence-corrected chi connectivity index (χ0v) is 18.3. The molecule has 0 aliphatic heterocycles. The van der Waals surface area contributed by atoms with Gasteiger partial charge in [-0.05, 0) is 70.1 Å². The van der Waals surface area contributed by atoms with Crippen LogP contribution in [0.3, 0.4) is 0 Å². The molecule has 0 spiro atoms. The summed E-state index contributed by atoms with van der Waals surface area (Å²) >= 11 is 2.12. The first-order chi connectivity index (χ1) is 14.5. The summed E-state index contributed by atoms with van der Waals surface area (Å²) in [6.45, 7) is 2.46. The molecule has 152 valence electrons. The van der Waals surface area contributed by atoms with Crippen LogP contribution in [0.25, 0.3) is 10.8 Å². The topological polar surface area (TPSA) is 80.2 Å². The van der Waals surface area contributed by atoms with Crippen LogP contribution in [0.1, 0.15) is 22.8 Å². The van der Waals surface area contributed by atoms with Crippen molar-refractivity contribution in [2.45, 2.75) is 6.92 Å². The van der Waals surface area contributed by atoms with Crippen molar-refractivity contribution in [3.8, 4) is 29.6 Å². The number of amides is 1. The Kier molecular flexibility index (Phi) is 7.14. The SMILES string of the molecule is C#CCOc1c(I)cc(C=NNC(=O)c2cc3ccccc3cc2O)cc1OCC. The maximum Gasteiger partial charge on any atom is 0.275 e. The first kappa shape index (κ1) is 21.5. The van der Waals surface area contributed by atoms with Crippen molar-refractivity contribution in [3.05, 3.63) is 63.2 Å². The standard InChI is InChI=1S/C23H19IN2O4/c1-3-9-30-22-19(24)10-15(11-21(22)29-4-2)14-25-26-23(28)18-12-16-7-5-6-8-17(16)13-20(18)27/h1,5-8,10-14,27H,4,9H2,2H3,(H,26,28). The summed E-state index contributed by atoms with van der Waals surface area (Å²) in [5, 5.41) is 15.9. The van der Waals surface area contributed by atoms with Crippen LogP contribution in [0.5, 0.6) is 17.2 Å². The number of rotatable bonds is 7. The van der Waals surface area contributed by atoms with Crippen LogP contribution in [-0.4, -0.2) is 30.4 Å². The number of phenolic OH excluding ortho intramolecular Hbond substituents is 1. The molecule has 0 saturated carbocycles. The van der Waals surface area contributed by atoms with Crippen LogP contribution >= 0.6 is 22.6 Å². The van der Waals surface area contributed by atoms with Crippen molar-refractivity contribution in [3.63, 3.8) is 0 Å². The third kappa shape index (κ3) is 5.02. The first-order valence-corrected chi connectivity index (χ1v) is 10.2. The van der Waals surface area contributed by atoms with Gasteiger partial charge in [-0.1, -0.05) is 30.2 Å². The Labute approximate surface area is 188 Å². The first-order valence-electron chi connectivity index (χ1n) is 9.11. The lowest BCUT2D eigenvalue weighted by molar-refractivity contribution is 0.0952. The van der Waals surface area contributed by atoms with Gasteiger partial charge in [0, 0.05) is 0 Å². The van der Waals surface area contributed by atoms with Crippen molar-refractivity contribution in [2.24, 2.45) is 5.10 Å². The highest BCUT2D eigenvalue weighted by Crippen LogP contribution is 2.34. The van der Waals surface area contributed by atoms with Gasteiger partial charge in [-0.2, -0.15) is 5.10 Å². The number of phenols is 1. The number of benzene rings is 3. The van der Waals surface area contributed by atoms with E-state index in [0.717, 1.165) is 14.3 Å². The maximum atomic E-state index is 12.5. The zero-order chi connectivity index (χ0) is 21.5. The molecule has 0 unspecified atom stereocenters. The molecule has 1 amide bonds. The zero-order valence-electron chi connectivity index (χ0n) is 16.2. The monoisotopic (exact) mass is 514 g/mol. The fourth-order valence-corrected chi connectivity index (χ4v) is 3.60. The molecule has 0 aliphatic rings. The van der Waals surface area contributed by atoms with Crippen LogP contribution in [0.15, 0.2) is 53.6 Å². The Morgan fingerprint density at radius 2 is 1.97 bits per heavy atom. The maximum absolute atomic E-state index is 12.5. The number of terminal acetylenes is 1. The lowest BCUT2D eigenvalue weighted by Gasteiger charge is -2.13. The highest BCUT2D eigenvalue weighted by molar-refractivity contribution is 14.1. The summed E-state index contributed by atoms with van der Waals surface area (Å²) in [5.74, 6) is 2.92. The van der Waals surface area contributed by atoms with E-state index in [2.05, 4.69) is 39.0 Å². The predicted molar refractivity (Wildman–Crippen MR) is 125 cm³/mol. The van der Waals surface area contributed by atoms with E-state index in [1.807, 2.05) is 37.3 Å². The number of aromatic hydroxyl groups is 1.